The number of nitro benzene ring substituents is 1. The number of carbonyl (C=O) groups excluding carboxylic acids is 1. The number of para-hydroxylation sites is 1. The van der Waals surface area contributed by atoms with Crippen LogP contribution in [0.4, 0.5) is 5.69 Å². The molecule has 0 aliphatic carbocycles. The topological polar surface area (TPSA) is 103 Å². The number of sulfone groups is 1. The molecule has 1 amide bonds. The summed E-state index contributed by atoms with van der Waals surface area (Å²) in [5, 5.41) is 11.3. The molecular weight excluding hydrogens is 406 g/mol. The van der Waals surface area contributed by atoms with Crippen LogP contribution in [0.2, 0.25) is 0 Å². The zero-order chi connectivity index (χ0) is 21.9. The van der Waals surface area contributed by atoms with Gasteiger partial charge in [0.15, 0.2) is 9.84 Å². The average molecular weight is 429 g/mol. The lowest BCUT2D eigenvalue weighted by molar-refractivity contribution is -0.384. The monoisotopic (exact) mass is 429 g/mol. The highest BCUT2D eigenvalue weighted by Crippen LogP contribution is 2.28. The second-order valence-electron chi connectivity index (χ2n) is 6.89. The number of nitro groups is 1. The van der Waals surface area contributed by atoms with Gasteiger partial charge < -0.3 is 9.47 Å². The van der Waals surface area contributed by atoms with Gasteiger partial charge in [0.2, 0.25) is 5.91 Å². The van der Waals surface area contributed by atoms with Gasteiger partial charge in [0.1, 0.15) is 6.54 Å². The molecule has 2 aromatic carbocycles. The number of fused-ring (bicyclic) bond motifs is 1. The minimum absolute atomic E-state index is 0.0508. The molecule has 9 heteroatoms. The Morgan fingerprint density at radius 2 is 1.70 bits per heavy atom. The van der Waals surface area contributed by atoms with Crippen molar-refractivity contribution in [2.24, 2.45) is 0 Å². The van der Waals surface area contributed by atoms with Crippen molar-refractivity contribution in [3.63, 3.8) is 0 Å². The van der Waals surface area contributed by atoms with Gasteiger partial charge in [-0.3, -0.25) is 14.9 Å². The van der Waals surface area contributed by atoms with E-state index in [0.717, 1.165) is 0 Å². The van der Waals surface area contributed by atoms with Gasteiger partial charge in [-0.25, -0.2) is 8.42 Å². The number of hydrogen-bond donors (Lipinski definition) is 0. The van der Waals surface area contributed by atoms with Gasteiger partial charge in [0.05, 0.1) is 15.6 Å². The molecular formula is C21H23N3O5S. The average Bonchev–Trinajstić information content (AvgIpc) is 3.08. The van der Waals surface area contributed by atoms with E-state index < -0.39 is 14.8 Å². The van der Waals surface area contributed by atoms with E-state index in [1.807, 2.05) is 13.8 Å². The molecule has 1 aromatic heterocycles. The minimum atomic E-state index is -3.73. The Morgan fingerprint density at radius 3 is 2.30 bits per heavy atom. The van der Waals surface area contributed by atoms with E-state index in [1.165, 1.54) is 30.5 Å². The summed E-state index contributed by atoms with van der Waals surface area (Å²) in [5.74, 6) is -0.372. The number of hydrogen-bond acceptors (Lipinski definition) is 5. The molecule has 0 aliphatic rings. The number of aromatic nitrogens is 1. The highest BCUT2D eigenvalue weighted by molar-refractivity contribution is 7.90. The fraction of sp³-hybridized carbons (Fsp3) is 0.286. The van der Waals surface area contributed by atoms with Crippen molar-refractivity contribution >= 4 is 32.3 Å². The van der Waals surface area contributed by atoms with Crippen LogP contribution in [0.5, 0.6) is 0 Å². The van der Waals surface area contributed by atoms with Gasteiger partial charge in [0.25, 0.3) is 5.69 Å². The van der Waals surface area contributed by atoms with Gasteiger partial charge in [-0.15, -0.1) is 0 Å². The van der Waals surface area contributed by atoms with Crippen LogP contribution in [0.1, 0.15) is 19.4 Å². The lowest BCUT2D eigenvalue weighted by Gasteiger charge is -2.19. The second-order valence-corrected chi connectivity index (χ2v) is 8.85. The Kier molecular flexibility index (Phi) is 6.21. The number of carbonyl (C=O) groups is 1. The molecule has 158 valence electrons. The highest BCUT2D eigenvalue weighted by atomic mass is 32.2. The Hall–Kier alpha value is -3.20. The maximum Gasteiger partial charge on any atom is 0.269 e. The molecule has 0 radical (unpaired) electrons. The first-order valence-electron chi connectivity index (χ1n) is 9.58. The summed E-state index contributed by atoms with van der Waals surface area (Å²) >= 11 is 0. The first kappa shape index (κ1) is 21.5. The number of non-ortho nitro benzene ring substituents is 1. The molecule has 0 N–H and O–H groups in total. The van der Waals surface area contributed by atoms with Crippen LogP contribution in [-0.4, -0.2) is 41.8 Å². The lowest BCUT2D eigenvalue weighted by Crippen LogP contribution is -2.33. The zero-order valence-corrected chi connectivity index (χ0v) is 17.6. The molecule has 3 aromatic rings. The Morgan fingerprint density at radius 1 is 1.07 bits per heavy atom. The van der Waals surface area contributed by atoms with Crippen LogP contribution in [0.25, 0.3) is 10.9 Å². The Labute approximate surface area is 174 Å². The first-order chi connectivity index (χ1) is 14.3. The molecule has 0 spiro atoms. The number of amides is 1. The molecule has 0 atom stereocenters. The quantitative estimate of drug-likeness (QED) is 0.403. The summed E-state index contributed by atoms with van der Waals surface area (Å²) in [5.41, 5.74) is 1.03. The fourth-order valence-electron chi connectivity index (χ4n) is 3.42. The molecule has 0 fully saturated rings. The van der Waals surface area contributed by atoms with Gasteiger partial charge in [0, 0.05) is 42.3 Å². The van der Waals surface area contributed by atoms with Crippen LogP contribution in [0.15, 0.2) is 59.6 Å². The van der Waals surface area contributed by atoms with Crippen molar-refractivity contribution in [3.8, 4) is 0 Å². The van der Waals surface area contributed by atoms with Crippen LogP contribution in [0, 0.1) is 10.1 Å². The molecule has 0 aliphatic heterocycles. The van der Waals surface area contributed by atoms with Gasteiger partial charge in [-0.05, 0) is 25.5 Å². The number of nitrogens with zero attached hydrogens (tertiary/aromatic N) is 3. The van der Waals surface area contributed by atoms with Crippen LogP contribution >= 0.6 is 0 Å². The summed E-state index contributed by atoms with van der Waals surface area (Å²) in [6, 6.07) is 12.5. The van der Waals surface area contributed by atoms with E-state index in [9.17, 15) is 23.3 Å². The van der Waals surface area contributed by atoms with Crippen LogP contribution in [0.3, 0.4) is 0 Å². The lowest BCUT2D eigenvalue weighted by atomic mass is 10.2. The predicted octanol–water partition coefficient (Wildman–Crippen LogP) is 3.39. The number of likely N-dealkylation sites (N-methyl/N-ethyl adjacent to an activating group) is 1. The molecule has 3 rings (SSSR count). The number of rotatable bonds is 8. The molecule has 0 bridgehead atoms. The molecule has 30 heavy (non-hydrogen) atoms. The van der Waals surface area contributed by atoms with E-state index >= 15 is 0 Å². The van der Waals surface area contributed by atoms with Crippen molar-refractivity contribution in [2.45, 2.75) is 31.0 Å². The van der Waals surface area contributed by atoms with Crippen molar-refractivity contribution in [1.29, 1.82) is 0 Å². The van der Waals surface area contributed by atoms with E-state index in [4.69, 9.17) is 0 Å². The number of benzene rings is 2. The maximum atomic E-state index is 13.1. The fourth-order valence-corrected chi connectivity index (χ4v) is 5.01. The van der Waals surface area contributed by atoms with Gasteiger partial charge >= 0.3 is 0 Å². The Balaban J connectivity index is 1.96. The molecule has 8 nitrogen and oxygen atoms in total. The van der Waals surface area contributed by atoms with Gasteiger partial charge in [-0.2, -0.15) is 0 Å². The SMILES string of the molecule is CCN(CC)C(=O)Cn1cc(S(=O)(=O)Cc2ccc([N+](=O)[O-])cc2)c2ccccc21. The van der Waals surface area contributed by atoms with Crippen molar-refractivity contribution in [1.82, 2.24) is 9.47 Å². The standard InChI is InChI=1S/C21H23N3O5S/c1-3-22(4-2)21(25)14-23-13-20(18-7-5-6-8-19(18)23)30(28,29)15-16-9-11-17(12-10-16)24(26)27/h5-13H,3-4,14-15H2,1-2H3. The zero-order valence-electron chi connectivity index (χ0n) is 16.8. The first-order valence-corrected chi connectivity index (χ1v) is 11.2. The predicted molar refractivity (Wildman–Crippen MR) is 114 cm³/mol. The third-order valence-electron chi connectivity index (χ3n) is 5.01. The summed E-state index contributed by atoms with van der Waals surface area (Å²) in [6.45, 7) is 5.01. The maximum absolute atomic E-state index is 13.1. The third-order valence-corrected chi connectivity index (χ3v) is 6.72. The van der Waals surface area contributed by atoms with Crippen molar-refractivity contribution < 1.29 is 18.1 Å². The normalized spacial score (nSPS) is 11.5. The van der Waals surface area contributed by atoms with E-state index in [1.54, 1.807) is 33.7 Å². The summed E-state index contributed by atoms with van der Waals surface area (Å²) in [7, 11) is -3.73. The van der Waals surface area contributed by atoms with Gasteiger partial charge in [-0.1, -0.05) is 30.3 Å². The molecule has 0 saturated heterocycles. The van der Waals surface area contributed by atoms with Crippen LogP contribution < -0.4 is 0 Å². The molecule has 1 heterocycles. The van der Waals surface area contributed by atoms with E-state index in [-0.39, 0.29) is 28.8 Å². The van der Waals surface area contributed by atoms with Crippen molar-refractivity contribution in [3.05, 3.63) is 70.4 Å². The minimum Gasteiger partial charge on any atom is -0.342 e. The summed E-state index contributed by atoms with van der Waals surface area (Å²) in [4.78, 5) is 24.7. The van der Waals surface area contributed by atoms with E-state index in [0.29, 0.717) is 29.6 Å². The highest BCUT2D eigenvalue weighted by Gasteiger charge is 2.23. The van der Waals surface area contributed by atoms with E-state index in [2.05, 4.69) is 0 Å². The molecule has 0 unspecified atom stereocenters. The largest absolute Gasteiger partial charge is 0.342 e. The van der Waals surface area contributed by atoms with Crippen molar-refractivity contribution in [2.75, 3.05) is 13.1 Å². The smallest absolute Gasteiger partial charge is 0.269 e. The van der Waals surface area contributed by atoms with Crippen LogP contribution in [-0.2, 0) is 26.9 Å². The molecule has 0 saturated carbocycles. The summed E-state index contributed by atoms with van der Waals surface area (Å²) in [6.07, 6.45) is 1.51. The summed E-state index contributed by atoms with van der Waals surface area (Å²) < 4.78 is 27.9. The second kappa shape index (κ2) is 8.66. The Bertz CT molecular complexity index is 1180. The third kappa shape index (κ3) is 4.35.